The fourth-order valence-electron chi connectivity index (χ4n) is 4.35. The molecule has 2 aromatic rings. The molecule has 3 heterocycles. The fourth-order valence-corrected chi connectivity index (χ4v) is 4.35. The lowest BCUT2D eigenvalue weighted by atomic mass is 9.97. The summed E-state index contributed by atoms with van der Waals surface area (Å²) in [4.78, 5) is 19.1. The highest BCUT2D eigenvalue weighted by atomic mass is 19.1. The van der Waals surface area contributed by atoms with Crippen LogP contribution in [-0.4, -0.2) is 27.9 Å². The van der Waals surface area contributed by atoms with Gasteiger partial charge in [0.25, 0.3) is 0 Å². The van der Waals surface area contributed by atoms with Crippen molar-refractivity contribution in [2.75, 3.05) is 0 Å². The van der Waals surface area contributed by atoms with Gasteiger partial charge in [-0.1, -0.05) is 24.6 Å². The second-order valence-corrected chi connectivity index (χ2v) is 7.28. The van der Waals surface area contributed by atoms with Gasteiger partial charge in [0.05, 0.1) is 5.69 Å². The van der Waals surface area contributed by atoms with Crippen LogP contribution in [0.15, 0.2) is 48.7 Å². The third kappa shape index (κ3) is 3.63. The highest BCUT2D eigenvalue weighted by molar-refractivity contribution is 5.76. The minimum absolute atomic E-state index is 0.140. The maximum absolute atomic E-state index is 13.4. The molecule has 1 aromatic carbocycles. The molecule has 2 aliphatic rings. The lowest BCUT2D eigenvalue weighted by Crippen LogP contribution is -2.46. The average Bonchev–Trinajstić information content (AvgIpc) is 2.95. The van der Waals surface area contributed by atoms with Crippen molar-refractivity contribution in [3.63, 3.8) is 0 Å². The maximum atomic E-state index is 13.4. The van der Waals surface area contributed by atoms with Crippen molar-refractivity contribution in [3.05, 3.63) is 65.7 Å². The second kappa shape index (κ2) is 7.54. The molecule has 136 valence electrons. The van der Waals surface area contributed by atoms with Gasteiger partial charge in [-0.05, 0) is 49.1 Å². The number of amides is 1. The van der Waals surface area contributed by atoms with Crippen LogP contribution in [0.2, 0.25) is 0 Å². The molecule has 0 aliphatic carbocycles. The SMILES string of the molecule is O=C1CCCC[C@H]2[C@@H](C[C@@H](c3ccc(F)cc3)N2Cc2ccccn2)N1. The summed E-state index contributed by atoms with van der Waals surface area (Å²) >= 11 is 0. The molecule has 4 nitrogen and oxygen atoms in total. The van der Waals surface area contributed by atoms with Crippen LogP contribution in [0.5, 0.6) is 0 Å². The highest BCUT2D eigenvalue weighted by Gasteiger charge is 2.42. The van der Waals surface area contributed by atoms with E-state index in [1.807, 2.05) is 36.5 Å². The van der Waals surface area contributed by atoms with Crippen molar-refractivity contribution in [3.8, 4) is 0 Å². The van der Waals surface area contributed by atoms with Gasteiger partial charge in [0.1, 0.15) is 5.82 Å². The molecular formula is C21H24FN3O. The van der Waals surface area contributed by atoms with Crippen molar-refractivity contribution in [1.29, 1.82) is 0 Å². The van der Waals surface area contributed by atoms with Crippen molar-refractivity contribution in [1.82, 2.24) is 15.2 Å². The number of likely N-dealkylation sites (tertiary alicyclic amines) is 1. The lowest BCUT2D eigenvalue weighted by Gasteiger charge is -2.32. The van der Waals surface area contributed by atoms with Gasteiger partial charge >= 0.3 is 0 Å². The molecule has 3 atom stereocenters. The highest BCUT2D eigenvalue weighted by Crippen LogP contribution is 2.40. The molecule has 4 rings (SSSR count). The van der Waals surface area contributed by atoms with Crippen LogP contribution in [0, 0.1) is 5.82 Å². The number of halogens is 1. The Morgan fingerprint density at radius 2 is 2.00 bits per heavy atom. The number of fused-ring (bicyclic) bond motifs is 1. The Labute approximate surface area is 153 Å². The summed E-state index contributed by atoms with van der Waals surface area (Å²) in [5, 5.41) is 3.23. The standard InChI is InChI=1S/C21H24FN3O/c22-16-10-8-15(9-11-16)20-13-18-19(6-1-2-7-21(26)24-18)25(20)14-17-5-3-4-12-23-17/h3-5,8-12,18-20H,1-2,6-7,13-14H2,(H,24,26)/t18-,19+,20+/m1/s1. The molecule has 1 N–H and O–H groups in total. The number of carbonyl (C=O) groups excluding carboxylic acids is 1. The van der Waals surface area contributed by atoms with Crippen LogP contribution in [0.1, 0.15) is 49.4 Å². The first-order valence-corrected chi connectivity index (χ1v) is 9.41. The van der Waals surface area contributed by atoms with Crippen LogP contribution in [-0.2, 0) is 11.3 Å². The number of hydrogen-bond acceptors (Lipinski definition) is 3. The van der Waals surface area contributed by atoms with Gasteiger partial charge in [0.2, 0.25) is 5.91 Å². The van der Waals surface area contributed by atoms with Gasteiger partial charge < -0.3 is 5.32 Å². The Morgan fingerprint density at radius 1 is 1.15 bits per heavy atom. The third-order valence-electron chi connectivity index (χ3n) is 5.59. The number of hydrogen-bond donors (Lipinski definition) is 1. The molecule has 0 unspecified atom stereocenters. The Hall–Kier alpha value is -2.27. The number of nitrogens with zero attached hydrogens (tertiary/aromatic N) is 2. The summed E-state index contributed by atoms with van der Waals surface area (Å²) in [5.41, 5.74) is 2.12. The Kier molecular flexibility index (Phi) is 4.98. The molecule has 0 radical (unpaired) electrons. The van der Waals surface area contributed by atoms with E-state index >= 15 is 0 Å². The topological polar surface area (TPSA) is 45.2 Å². The van der Waals surface area contributed by atoms with Gasteiger partial charge in [0.15, 0.2) is 0 Å². The molecule has 0 spiro atoms. The Balaban J connectivity index is 1.65. The molecule has 2 aliphatic heterocycles. The van der Waals surface area contributed by atoms with Gasteiger partial charge in [0, 0.05) is 37.3 Å². The van der Waals surface area contributed by atoms with Crippen LogP contribution in [0.4, 0.5) is 4.39 Å². The minimum Gasteiger partial charge on any atom is -0.352 e. The van der Waals surface area contributed by atoms with E-state index in [1.165, 1.54) is 12.1 Å². The Bertz CT molecular complexity index is 750. The van der Waals surface area contributed by atoms with E-state index in [0.29, 0.717) is 6.42 Å². The summed E-state index contributed by atoms with van der Waals surface area (Å²) < 4.78 is 13.4. The number of pyridine rings is 1. The van der Waals surface area contributed by atoms with E-state index in [2.05, 4.69) is 15.2 Å². The summed E-state index contributed by atoms with van der Waals surface area (Å²) in [6.07, 6.45) is 6.35. The fraction of sp³-hybridized carbons (Fsp3) is 0.429. The zero-order valence-corrected chi connectivity index (χ0v) is 14.8. The molecule has 2 fully saturated rings. The van der Waals surface area contributed by atoms with E-state index in [4.69, 9.17) is 0 Å². The molecule has 5 heteroatoms. The lowest BCUT2D eigenvalue weighted by molar-refractivity contribution is -0.122. The second-order valence-electron chi connectivity index (χ2n) is 7.28. The van der Waals surface area contributed by atoms with Gasteiger partial charge in [-0.2, -0.15) is 0 Å². The van der Waals surface area contributed by atoms with E-state index in [0.717, 1.165) is 43.5 Å². The quantitative estimate of drug-likeness (QED) is 0.917. The zero-order chi connectivity index (χ0) is 17.9. The first-order valence-electron chi connectivity index (χ1n) is 9.41. The van der Waals surface area contributed by atoms with Crippen molar-refractivity contribution < 1.29 is 9.18 Å². The first kappa shape index (κ1) is 17.2. The first-order chi connectivity index (χ1) is 12.7. The maximum Gasteiger partial charge on any atom is 0.220 e. The van der Waals surface area contributed by atoms with E-state index in [1.54, 1.807) is 0 Å². The number of aromatic nitrogens is 1. The van der Waals surface area contributed by atoms with Crippen LogP contribution in [0.3, 0.4) is 0 Å². The zero-order valence-electron chi connectivity index (χ0n) is 14.8. The molecule has 0 bridgehead atoms. The van der Waals surface area contributed by atoms with Crippen LogP contribution < -0.4 is 5.32 Å². The number of benzene rings is 1. The Morgan fingerprint density at radius 3 is 2.77 bits per heavy atom. The van der Waals surface area contributed by atoms with Crippen molar-refractivity contribution in [2.24, 2.45) is 0 Å². The van der Waals surface area contributed by atoms with E-state index in [-0.39, 0.29) is 29.8 Å². The van der Waals surface area contributed by atoms with Gasteiger partial charge in [-0.25, -0.2) is 4.39 Å². The molecule has 26 heavy (non-hydrogen) atoms. The summed E-state index contributed by atoms with van der Waals surface area (Å²) in [6, 6.07) is 13.3. The largest absolute Gasteiger partial charge is 0.352 e. The predicted molar refractivity (Wildman–Crippen MR) is 97.7 cm³/mol. The van der Waals surface area contributed by atoms with Gasteiger partial charge in [-0.3, -0.25) is 14.7 Å². The van der Waals surface area contributed by atoms with E-state index in [9.17, 15) is 9.18 Å². The molecular weight excluding hydrogens is 329 g/mol. The summed E-state index contributed by atoms with van der Waals surface area (Å²) in [5.74, 6) is -0.0698. The summed E-state index contributed by atoms with van der Waals surface area (Å²) in [6.45, 7) is 0.736. The van der Waals surface area contributed by atoms with E-state index < -0.39 is 0 Å². The van der Waals surface area contributed by atoms with Crippen molar-refractivity contribution in [2.45, 2.75) is 56.8 Å². The van der Waals surface area contributed by atoms with Gasteiger partial charge in [-0.15, -0.1) is 0 Å². The molecule has 1 amide bonds. The number of nitrogens with one attached hydrogen (secondary N) is 1. The van der Waals surface area contributed by atoms with Crippen molar-refractivity contribution >= 4 is 5.91 Å². The van der Waals surface area contributed by atoms with Crippen LogP contribution >= 0.6 is 0 Å². The molecule has 2 saturated heterocycles. The number of carbonyl (C=O) groups is 1. The molecule has 0 saturated carbocycles. The normalized spacial score (nSPS) is 26.7. The monoisotopic (exact) mass is 353 g/mol. The number of rotatable bonds is 3. The molecule has 1 aromatic heterocycles. The minimum atomic E-state index is -0.220. The average molecular weight is 353 g/mol. The predicted octanol–water partition coefficient (Wildman–Crippen LogP) is 3.60. The third-order valence-corrected chi connectivity index (χ3v) is 5.59. The van der Waals surface area contributed by atoms with Crippen LogP contribution in [0.25, 0.3) is 0 Å². The summed E-state index contributed by atoms with van der Waals surface area (Å²) in [7, 11) is 0. The smallest absolute Gasteiger partial charge is 0.220 e.